The van der Waals surface area contributed by atoms with Gasteiger partial charge in [-0.1, -0.05) is 0 Å². The smallest absolute Gasteiger partial charge is 0.363 e. The molecule has 152 valence electrons. The number of hydrogen-bond acceptors (Lipinski definition) is 5. The van der Waals surface area contributed by atoms with Crippen molar-refractivity contribution in [3.63, 3.8) is 0 Å². The van der Waals surface area contributed by atoms with Crippen LogP contribution in [0.5, 0.6) is 0 Å². The van der Waals surface area contributed by atoms with Crippen molar-refractivity contribution in [3.05, 3.63) is 0 Å². The largest absolute Gasteiger partial charge is 0.453 e. The minimum Gasteiger partial charge on any atom is -0.363 e. The van der Waals surface area contributed by atoms with Gasteiger partial charge in [-0.15, -0.1) is 0 Å². The number of alkyl halides is 12. The minimum absolute atomic E-state index is 1.79. The summed E-state index contributed by atoms with van der Waals surface area (Å²) in [7, 11) is 0. The van der Waals surface area contributed by atoms with Crippen LogP contribution in [0.4, 0.5) is 52.7 Å². The van der Waals surface area contributed by atoms with E-state index in [1.807, 2.05) is 0 Å². The Morgan fingerprint density at radius 1 is 0.520 bits per heavy atom. The first-order valence-electron chi connectivity index (χ1n) is 5.36. The lowest BCUT2D eigenvalue weighted by atomic mass is 10.5. The fraction of sp³-hybridized carbons (Fsp3) is 1.00. The Morgan fingerprint density at radius 3 is 0.960 bits per heavy atom. The molecule has 2 unspecified atom stereocenters. The Hall–Kier alpha value is -1.04. The van der Waals surface area contributed by atoms with E-state index in [2.05, 4.69) is 9.47 Å². The third kappa shape index (κ3) is 6.01. The van der Waals surface area contributed by atoms with Crippen LogP contribution in [0.3, 0.4) is 0 Å². The second-order valence-electron chi connectivity index (χ2n) is 3.85. The Balaban J connectivity index is 5.34. The maximum Gasteiger partial charge on any atom is 0.453 e. The number of ether oxygens (including phenoxy) is 3. The van der Waals surface area contributed by atoms with Crippen molar-refractivity contribution in [1.29, 1.82) is 0 Å². The highest BCUT2D eigenvalue weighted by Crippen LogP contribution is 2.46. The first kappa shape index (κ1) is 24.0. The van der Waals surface area contributed by atoms with E-state index < -0.39 is 49.9 Å². The zero-order chi connectivity index (χ0) is 20.4. The minimum atomic E-state index is -6.80. The molecule has 0 rings (SSSR count). The van der Waals surface area contributed by atoms with E-state index in [1.54, 1.807) is 4.74 Å². The fourth-order valence-corrected chi connectivity index (χ4v) is 0.823. The Kier molecular flexibility index (Phi) is 7.36. The van der Waals surface area contributed by atoms with Crippen LogP contribution < -0.4 is 0 Å². The van der Waals surface area contributed by atoms with Crippen molar-refractivity contribution in [2.24, 2.45) is 0 Å². The third-order valence-corrected chi connectivity index (χ3v) is 1.90. The van der Waals surface area contributed by atoms with E-state index in [4.69, 9.17) is 10.2 Å². The van der Waals surface area contributed by atoms with Crippen LogP contribution in [0.1, 0.15) is 0 Å². The topological polar surface area (TPSA) is 68.2 Å². The van der Waals surface area contributed by atoms with Gasteiger partial charge in [0, 0.05) is 0 Å². The van der Waals surface area contributed by atoms with Crippen LogP contribution in [0, 0.1) is 0 Å². The van der Waals surface area contributed by atoms with Crippen molar-refractivity contribution in [2.75, 3.05) is 0 Å². The highest BCUT2D eigenvalue weighted by Gasteiger charge is 2.72. The molecule has 0 saturated heterocycles. The Labute approximate surface area is 128 Å². The molecular formula is C8H6F12O5. The molecule has 2 N–H and O–H groups in total. The van der Waals surface area contributed by atoms with Crippen molar-refractivity contribution < 1.29 is 77.1 Å². The molecule has 0 radical (unpaired) electrons. The Bertz CT molecular complexity index is 392. The van der Waals surface area contributed by atoms with Gasteiger partial charge in [-0.3, -0.25) is 9.47 Å². The molecule has 5 nitrogen and oxygen atoms in total. The van der Waals surface area contributed by atoms with Gasteiger partial charge in [-0.05, 0) is 0 Å². The summed E-state index contributed by atoms with van der Waals surface area (Å²) in [5, 5.41) is 16.3. The summed E-state index contributed by atoms with van der Waals surface area (Å²) in [6.45, 7) is 0. The molecule has 0 heterocycles. The second-order valence-corrected chi connectivity index (χ2v) is 3.85. The van der Waals surface area contributed by atoms with Crippen LogP contribution in [-0.4, -0.2) is 60.1 Å². The van der Waals surface area contributed by atoms with Gasteiger partial charge in [0.1, 0.15) is 0 Å². The van der Waals surface area contributed by atoms with Gasteiger partial charge in [0.05, 0.1) is 0 Å². The van der Waals surface area contributed by atoms with Gasteiger partial charge < -0.3 is 10.2 Å². The zero-order valence-electron chi connectivity index (χ0n) is 11.0. The number of aliphatic hydroxyl groups excluding tert-OH is 2. The van der Waals surface area contributed by atoms with Crippen molar-refractivity contribution in [1.82, 2.24) is 0 Å². The number of halogens is 12. The number of aliphatic hydroxyl groups is 2. The van der Waals surface area contributed by atoms with Gasteiger partial charge in [0.15, 0.2) is 0 Å². The first-order valence-corrected chi connectivity index (χ1v) is 5.36. The summed E-state index contributed by atoms with van der Waals surface area (Å²) in [6.07, 6.45) is -43.0. The standard InChI is InChI=1S/C8H6F12O5/c9-1(10)3(21)23-5(13,14)7(17,18)25-8(19,20)6(15,16)24-4(22)2(11)12/h1-4,21-22H. The van der Waals surface area contributed by atoms with Gasteiger partial charge in [-0.25, -0.2) is 22.3 Å². The van der Waals surface area contributed by atoms with Gasteiger partial charge in [0.2, 0.25) is 12.6 Å². The summed E-state index contributed by atoms with van der Waals surface area (Å²) in [5.74, 6) is 0. The molecule has 2 atom stereocenters. The molecule has 0 aromatic carbocycles. The summed E-state index contributed by atoms with van der Waals surface area (Å²) >= 11 is 0. The van der Waals surface area contributed by atoms with Crippen molar-refractivity contribution >= 4 is 0 Å². The predicted octanol–water partition coefficient (Wildman–Crippen LogP) is 2.57. The number of hydrogen-bond donors (Lipinski definition) is 2. The molecule has 0 amide bonds. The lowest BCUT2D eigenvalue weighted by Crippen LogP contribution is -2.57. The summed E-state index contributed by atoms with van der Waals surface area (Å²) in [6, 6.07) is 0. The molecule has 0 aromatic rings. The van der Waals surface area contributed by atoms with E-state index in [9.17, 15) is 52.7 Å². The lowest BCUT2D eigenvalue weighted by Gasteiger charge is -2.33. The zero-order valence-corrected chi connectivity index (χ0v) is 11.0. The highest BCUT2D eigenvalue weighted by atomic mass is 19.3. The monoisotopic (exact) mass is 410 g/mol. The summed E-state index contributed by atoms with van der Waals surface area (Å²) in [5.41, 5.74) is 0. The molecule has 0 aromatic heterocycles. The molecule has 0 aliphatic heterocycles. The van der Waals surface area contributed by atoms with Gasteiger partial charge in [-0.2, -0.15) is 35.1 Å². The quantitative estimate of drug-likeness (QED) is 0.428. The van der Waals surface area contributed by atoms with Crippen LogP contribution in [0.2, 0.25) is 0 Å². The van der Waals surface area contributed by atoms with E-state index in [0.29, 0.717) is 0 Å². The molecule has 25 heavy (non-hydrogen) atoms. The molecule has 0 bridgehead atoms. The SMILES string of the molecule is OC(OC(F)(F)C(F)(F)OC(F)(F)C(F)(F)OC(O)C(F)F)C(F)F. The summed E-state index contributed by atoms with van der Waals surface area (Å²) < 4.78 is 156. The van der Waals surface area contributed by atoms with E-state index in [0.717, 1.165) is 0 Å². The average Bonchev–Trinajstić information content (AvgIpc) is 2.35. The predicted molar refractivity (Wildman–Crippen MR) is 47.1 cm³/mol. The van der Waals surface area contributed by atoms with Crippen LogP contribution in [0.25, 0.3) is 0 Å². The summed E-state index contributed by atoms with van der Waals surface area (Å²) in [4.78, 5) is 0. The van der Waals surface area contributed by atoms with E-state index in [-0.39, 0.29) is 0 Å². The van der Waals surface area contributed by atoms with Crippen molar-refractivity contribution in [3.8, 4) is 0 Å². The molecule has 0 aliphatic rings. The fourth-order valence-electron chi connectivity index (χ4n) is 0.823. The lowest BCUT2D eigenvalue weighted by molar-refractivity contribution is -0.544. The maximum atomic E-state index is 12.8. The molecule has 0 spiro atoms. The third-order valence-electron chi connectivity index (χ3n) is 1.90. The van der Waals surface area contributed by atoms with E-state index >= 15 is 0 Å². The average molecular weight is 410 g/mol. The van der Waals surface area contributed by atoms with Crippen LogP contribution in [-0.2, 0) is 14.2 Å². The molecule has 0 saturated carbocycles. The van der Waals surface area contributed by atoms with Crippen molar-refractivity contribution in [2.45, 2.75) is 49.9 Å². The highest BCUT2D eigenvalue weighted by molar-refractivity contribution is 4.75. The van der Waals surface area contributed by atoms with Gasteiger partial charge >= 0.3 is 24.4 Å². The number of rotatable bonds is 10. The molecule has 17 heteroatoms. The molecule has 0 fully saturated rings. The van der Waals surface area contributed by atoms with Crippen LogP contribution >= 0.6 is 0 Å². The van der Waals surface area contributed by atoms with E-state index in [1.165, 1.54) is 0 Å². The molecular weight excluding hydrogens is 404 g/mol. The Morgan fingerprint density at radius 2 is 0.760 bits per heavy atom. The maximum absolute atomic E-state index is 12.8. The van der Waals surface area contributed by atoms with Crippen LogP contribution in [0.15, 0.2) is 0 Å². The normalized spacial score (nSPS) is 17.3. The molecule has 0 aliphatic carbocycles. The van der Waals surface area contributed by atoms with Gasteiger partial charge in [0.25, 0.3) is 12.9 Å². The second kappa shape index (κ2) is 7.68. The first-order chi connectivity index (χ1) is 10.9.